The predicted octanol–water partition coefficient (Wildman–Crippen LogP) is 1.60. The third-order valence-electron chi connectivity index (χ3n) is 2.58. The van der Waals surface area contributed by atoms with Crippen LogP contribution in [0.25, 0.3) is 0 Å². The van der Waals surface area contributed by atoms with Crippen molar-refractivity contribution in [1.82, 2.24) is 0 Å². The predicted molar refractivity (Wildman–Crippen MR) is 64.8 cm³/mol. The maximum Gasteiger partial charge on any atom is 1.00 e. The van der Waals surface area contributed by atoms with Gasteiger partial charge >= 0.3 is 18.9 Å². The summed E-state index contributed by atoms with van der Waals surface area (Å²) in [5.41, 5.74) is 0. The van der Waals surface area contributed by atoms with Crippen molar-refractivity contribution >= 4 is 14.1 Å². The van der Waals surface area contributed by atoms with Crippen molar-refractivity contribution in [2.75, 3.05) is 0 Å². The van der Waals surface area contributed by atoms with Gasteiger partial charge in [0, 0.05) is 0 Å². The smallest absolute Gasteiger partial charge is 0.0939 e. The molecule has 0 aromatic carbocycles. The van der Waals surface area contributed by atoms with Gasteiger partial charge in [-0.15, -0.1) is 0 Å². The van der Waals surface area contributed by atoms with Gasteiger partial charge in [-0.1, -0.05) is 75.1 Å². The SMILES string of the molecule is CCC[CH2][Al]([CH2]C(C)C)[CH2]C(C)C.[Li+]. The zero-order valence-electron chi connectivity index (χ0n) is 11.3. The Morgan fingerprint density at radius 1 is 0.929 bits per heavy atom. The largest absolute Gasteiger partial charge is 1.00 e. The minimum atomic E-state index is -0.367. The van der Waals surface area contributed by atoms with E-state index in [1.165, 1.54) is 12.8 Å². The van der Waals surface area contributed by atoms with Gasteiger partial charge in [0.15, 0.2) is 0 Å². The van der Waals surface area contributed by atoms with Crippen molar-refractivity contribution in [2.24, 2.45) is 11.8 Å². The molecule has 0 amide bonds. The molecule has 0 unspecified atom stereocenters. The summed E-state index contributed by atoms with van der Waals surface area (Å²) in [7, 11) is 0. The summed E-state index contributed by atoms with van der Waals surface area (Å²) in [6, 6.07) is 0. The molecule has 0 aliphatic carbocycles. The number of hydrogen-bond donors (Lipinski definition) is 0. The Hall–Kier alpha value is 1.13. The van der Waals surface area contributed by atoms with Crippen LogP contribution in [-0.4, -0.2) is 14.1 Å². The second-order valence-electron chi connectivity index (χ2n) is 5.27. The average molecular weight is 205 g/mol. The molecule has 14 heavy (non-hydrogen) atoms. The minimum Gasteiger partial charge on any atom is -0.0939 e. The molecule has 0 aromatic rings. The monoisotopic (exact) mass is 205 g/mol. The van der Waals surface area contributed by atoms with Crippen LogP contribution in [0, 0.1) is 11.8 Å². The van der Waals surface area contributed by atoms with Crippen molar-refractivity contribution in [1.29, 1.82) is 0 Å². The molecule has 0 nitrogen and oxygen atoms in total. The van der Waals surface area contributed by atoms with E-state index in [2.05, 4.69) is 34.6 Å². The molecule has 78 valence electrons. The molecule has 0 atom stereocenters. The summed E-state index contributed by atoms with van der Waals surface area (Å²) in [4.78, 5) is 0. The Bertz CT molecular complexity index is 103. The van der Waals surface area contributed by atoms with Gasteiger partial charge in [-0.05, 0) is 0 Å². The molecule has 0 aromatic heterocycles. The third-order valence-corrected chi connectivity index (χ3v) is 7.02. The van der Waals surface area contributed by atoms with E-state index in [1.807, 2.05) is 0 Å². The first kappa shape index (κ1) is 17.5. The summed E-state index contributed by atoms with van der Waals surface area (Å²) in [6.07, 6.45) is 2.87. The molecule has 2 heteroatoms. The van der Waals surface area contributed by atoms with E-state index >= 15 is 0 Å². The van der Waals surface area contributed by atoms with Crippen LogP contribution in [0.4, 0.5) is 0 Å². The fourth-order valence-electron chi connectivity index (χ4n) is 2.16. The second-order valence-corrected chi connectivity index (χ2v) is 8.52. The molecular weight excluding hydrogens is 178 g/mol. The van der Waals surface area contributed by atoms with Crippen molar-refractivity contribution < 1.29 is 18.9 Å². The zero-order chi connectivity index (χ0) is 10.3. The Morgan fingerprint density at radius 3 is 1.64 bits per heavy atom. The molecule has 0 radical (unpaired) electrons. The quantitative estimate of drug-likeness (QED) is 0.554. The van der Waals surface area contributed by atoms with Crippen LogP contribution >= 0.6 is 0 Å². The van der Waals surface area contributed by atoms with E-state index in [0.29, 0.717) is 0 Å². The van der Waals surface area contributed by atoms with Crippen molar-refractivity contribution in [3.63, 3.8) is 0 Å². The number of rotatable bonds is 7. The zero-order valence-corrected chi connectivity index (χ0v) is 12.4. The molecule has 0 N–H and O–H groups in total. The van der Waals surface area contributed by atoms with E-state index in [4.69, 9.17) is 0 Å². The maximum atomic E-state index is 2.38. The third kappa shape index (κ3) is 11.2. The normalized spacial score (nSPS) is 10.5. The van der Waals surface area contributed by atoms with Gasteiger partial charge in [-0.2, -0.15) is 0 Å². The van der Waals surface area contributed by atoms with Gasteiger partial charge in [0.2, 0.25) is 0 Å². The Labute approximate surface area is 108 Å². The van der Waals surface area contributed by atoms with Gasteiger partial charge < -0.3 is 0 Å². The Balaban J connectivity index is 0. The molecule has 0 saturated heterocycles. The van der Waals surface area contributed by atoms with E-state index in [1.54, 1.807) is 15.8 Å². The Morgan fingerprint density at radius 2 is 1.36 bits per heavy atom. The van der Waals surface area contributed by atoms with E-state index in [0.717, 1.165) is 11.8 Å². The van der Waals surface area contributed by atoms with Crippen molar-refractivity contribution in [3.8, 4) is 0 Å². The van der Waals surface area contributed by atoms with Gasteiger partial charge in [0.25, 0.3) is 14.1 Å². The van der Waals surface area contributed by atoms with Crippen LogP contribution in [0.15, 0.2) is 0 Å². The summed E-state index contributed by atoms with van der Waals surface area (Å²) < 4.78 is 0. The molecule has 0 heterocycles. The summed E-state index contributed by atoms with van der Waals surface area (Å²) in [6.45, 7) is 11.8. The molecule has 0 fully saturated rings. The second kappa shape index (κ2) is 10.6. The topological polar surface area (TPSA) is 0 Å². The summed E-state index contributed by atoms with van der Waals surface area (Å²) in [5.74, 6) is 1.87. The number of hydrogen-bond acceptors (Lipinski definition) is 0. The average Bonchev–Trinajstić information content (AvgIpc) is 1.98. The maximum absolute atomic E-state index is 2.38. The summed E-state index contributed by atoms with van der Waals surface area (Å²) in [5, 5.41) is 4.73. The van der Waals surface area contributed by atoms with E-state index < -0.39 is 0 Å². The molecule has 0 bridgehead atoms. The number of unbranched alkanes of at least 4 members (excludes halogenated alkanes) is 1. The van der Waals surface area contributed by atoms with Gasteiger partial charge in [0.1, 0.15) is 0 Å². The Kier molecular flexibility index (Phi) is 13.3. The molecular formula is C12H27AlLi+. The van der Waals surface area contributed by atoms with Gasteiger partial charge in [0.05, 0.1) is 0 Å². The first-order chi connectivity index (χ1) is 6.06. The van der Waals surface area contributed by atoms with Crippen LogP contribution < -0.4 is 18.9 Å². The molecule has 0 saturated carbocycles. The van der Waals surface area contributed by atoms with Crippen LogP contribution in [0.2, 0.25) is 15.8 Å². The van der Waals surface area contributed by atoms with Crippen LogP contribution in [-0.2, 0) is 0 Å². The first-order valence-electron chi connectivity index (χ1n) is 6.06. The standard InChI is InChI=1S/3C4H9.Al.Li/c2*1-4(2)3;1-3-4-2;;/h2*4H,1H2,2-3H3;1,3-4H2,2H3;;/q;;;;+1. The minimum absolute atomic E-state index is 0. The first-order valence-corrected chi connectivity index (χ1v) is 8.51. The van der Waals surface area contributed by atoms with E-state index in [9.17, 15) is 0 Å². The molecule has 0 spiro atoms. The van der Waals surface area contributed by atoms with Crippen molar-refractivity contribution in [2.45, 2.75) is 63.3 Å². The van der Waals surface area contributed by atoms with E-state index in [-0.39, 0.29) is 33.0 Å². The molecule has 0 aliphatic rings. The molecule has 0 rings (SSSR count). The van der Waals surface area contributed by atoms with Crippen LogP contribution in [0.1, 0.15) is 47.5 Å². The van der Waals surface area contributed by atoms with Gasteiger partial charge in [-0.3, -0.25) is 0 Å². The molecule has 0 aliphatic heterocycles. The van der Waals surface area contributed by atoms with Crippen molar-refractivity contribution in [3.05, 3.63) is 0 Å². The fraction of sp³-hybridized carbons (Fsp3) is 1.00. The van der Waals surface area contributed by atoms with Gasteiger partial charge in [-0.25, -0.2) is 0 Å². The summed E-state index contributed by atoms with van der Waals surface area (Å²) >= 11 is -0.367. The fourth-order valence-corrected chi connectivity index (χ4v) is 6.47. The van der Waals surface area contributed by atoms with Crippen LogP contribution in [0.5, 0.6) is 0 Å². The van der Waals surface area contributed by atoms with Crippen LogP contribution in [0.3, 0.4) is 0 Å².